The minimum absolute atomic E-state index is 0.0529. The quantitative estimate of drug-likeness (QED) is 0.766. The van der Waals surface area contributed by atoms with E-state index in [2.05, 4.69) is 16.3 Å². The Morgan fingerprint density at radius 3 is 2.71 bits per heavy atom. The van der Waals surface area contributed by atoms with Crippen LogP contribution in [0.4, 0.5) is 11.4 Å². The summed E-state index contributed by atoms with van der Waals surface area (Å²) >= 11 is 0. The first-order valence-corrected chi connectivity index (χ1v) is 11.1. The van der Waals surface area contributed by atoms with Crippen LogP contribution in [0.2, 0.25) is 0 Å². The molecule has 0 aliphatic carbocycles. The fourth-order valence-corrected chi connectivity index (χ4v) is 4.49. The lowest BCUT2D eigenvalue weighted by atomic mass is 10.1. The molecule has 2 aliphatic rings. The summed E-state index contributed by atoms with van der Waals surface area (Å²) < 4.78 is 5.43. The van der Waals surface area contributed by atoms with E-state index in [1.165, 1.54) is 24.8 Å². The van der Waals surface area contributed by atoms with Crippen molar-refractivity contribution in [2.75, 3.05) is 37.0 Å². The van der Waals surface area contributed by atoms with E-state index in [0.29, 0.717) is 12.3 Å². The van der Waals surface area contributed by atoms with E-state index in [-0.39, 0.29) is 24.2 Å². The van der Waals surface area contributed by atoms with E-state index in [1.54, 1.807) is 12.0 Å². The summed E-state index contributed by atoms with van der Waals surface area (Å²) in [5.41, 5.74) is 3.76. The number of nitrogens with zero attached hydrogens (tertiary/aromatic N) is 2. The van der Waals surface area contributed by atoms with E-state index in [9.17, 15) is 9.59 Å². The first kappa shape index (κ1) is 21.4. The lowest BCUT2D eigenvalue weighted by Crippen LogP contribution is -2.29. The summed E-state index contributed by atoms with van der Waals surface area (Å²) in [5, 5.41) is 3.03. The van der Waals surface area contributed by atoms with E-state index in [4.69, 9.17) is 4.74 Å². The first-order valence-electron chi connectivity index (χ1n) is 11.1. The lowest BCUT2D eigenvalue weighted by molar-refractivity contribution is -0.122. The van der Waals surface area contributed by atoms with Gasteiger partial charge in [0.05, 0.1) is 18.7 Å². The van der Waals surface area contributed by atoms with Gasteiger partial charge < -0.3 is 15.0 Å². The van der Waals surface area contributed by atoms with Crippen LogP contribution in [-0.4, -0.2) is 43.5 Å². The molecule has 2 aliphatic heterocycles. The van der Waals surface area contributed by atoms with Crippen LogP contribution in [0.25, 0.3) is 0 Å². The molecule has 0 aromatic heterocycles. The molecule has 2 saturated heterocycles. The van der Waals surface area contributed by atoms with Gasteiger partial charge in [-0.2, -0.15) is 0 Å². The fraction of sp³-hybridized carbons (Fsp3) is 0.440. The van der Waals surface area contributed by atoms with E-state index in [0.717, 1.165) is 36.6 Å². The van der Waals surface area contributed by atoms with Crippen LogP contribution in [0.3, 0.4) is 0 Å². The van der Waals surface area contributed by atoms with Crippen LogP contribution in [0, 0.1) is 12.8 Å². The van der Waals surface area contributed by atoms with Crippen molar-refractivity contribution in [3.8, 4) is 5.75 Å². The number of aryl methyl sites for hydroxylation is 1. The first-order chi connectivity index (χ1) is 15.0. The second-order valence-electron chi connectivity index (χ2n) is 8.61. The van der Waals surface area contributed by atoms with E-state index >= 15 is 0 Å². The minimum atomic E-state index is -0.386. The smallest absolute Gasteiger partial charge is 0.229 e. The third-order valence-electron chi connectivity index (χ3n) is 6.17. The summed E-state index contributed by atoms with van der Waals surface area (Å²) in [4.78, 5) is 29.7. The highest BCUT2D eigenvalue weighted by Gasteiger charge is 2.36. The molecular formula is C25H31N3O3. The molecule has 0 saturated carbocycles. The molecule has 2 heterocycles. The van der Waals surface area contributed by atoms with Crippen molar-refractivity contribution >= 4 is 23.2 Å². The number of nitrogens with one attached hydrogen (secondary N) is 1. The number of piperidine rings is 1. The SMILES string of the molecule is COc1ccc(C)cc1N1CC(C(=O)Nc2cccc(CN3CCCCC3)c2)CC1=O. The number of methoxy groups -OCH3 is 1. The molecule has 1 unspecified atom stereocenters. The van der Waals surface area contributed by atoms with Crippen molar-refractivity contribution in [2.45, 2.75) is 39.2 Å². The van der Waals surface area contributed by atoms with Gasteiger partial charge in [0.15, 0.2) is 0 Å². The Balaban J connectivity index is 1.41. The molecule has 0 radical (unpaired) electrons. The number of carbonyl (C=O) groups is 2. The number of hydrogen-bond donors (Lipinski definition) is 1. The molecule has 2 fully saturated rings. The van der Waals surface area contributed by atoms with Gasteiger partial charge in [-0.1, -0.05) is 24.6 Å². The molecule has 2 aromatic rings. The maximum atomic E-state index is 12.9. The second-order valence-corrected chi connectivity index (χ2v) is 8.61. The third-order valence-corrected chi connectivity index (χ3v) is 6.17. The Morgan fingerprint density at radius 2 is 1.94 bits per heavy atom. The predicted octanol–water partition coefficient (Wildman–Crippen LogP) is 3.98. The normalized spacial score (nSPS) is 19.5. The van der Waals surface area contributed by atoms with Crippen LogP contribution in [0.1, 0.15) is 36.8 Å². The van der Waals surface area contributed by atoms with Crippen molar-refractivity contribution in [3.05, 3.63) is 53.6 Å². The van der Waals surface area contributed by atoms with Crippen molar-refractivity contribution in [2.24, 2.45) is 5.92 Å². The molecule has 6 nitrogen and oxygen atoms in total. The third kappa shape index (κ3) is 5.07. The van der Waals surface area contributed by atoms with Gasteiger partial charge in [-0.25, -0.2) is 0 Å². The number of rotatable bonds is 6. The van der Waals surface area contributed by atoms with Gasteiger partial charge in [0.25, 0.3) is 0 Å². The molecular weight excluding hydrogens is 390 g/mol. The van der Waals surface area contributed by atoms with Gasteiger partial charge in [0.1, 0.15) is 5.75 Å². The molecule has 31 heavy (non-hydrogen) atoms. The Labute approximate surface area is 184 Å². The van der Waals surface area contributed by atoms with Crippen molar-refractivity contribution in [1.82, 2.24) is 4.90 Å². The lowest BCUT2D eigenvalue weighted by Gasteiger charge is -2.26. The maximum Gasteiger partial charge on any atom is 0.229 e. The monoisotopic (exact) mass is 421 g/mol. The van der Waals surface area contributed by atoms with Crippen molar-refractivity contribution in [3.63, 3.8) is 0 Å². The van der Waals surface area contributed by atoms with Crippen LogP contribution in [-0.2, 0) is 16.1 Å². The zero-order valence-corrected chi connectivity index (χ0v) is 18.4. The van der Waals surface area contributed by atoms with Crippen LogP contribution in [0.15, 0.2) is 42.5 Å². The number of carbonyl (C=O) groups excluding carboxylic acids is 2. The Bertz CT molecular complexity index is 953. The molecule has 1 N–H and O–H groups in total. The second kappa shape index (κ2) is 9.52. The summed E-state index contributed by atoms with van der Waals surface area (Å²) in [7, 11) is 1.59. The molecule has 0 bridgehead atoms. The summed E-state index contributed by atoms with van der Waals surface area (Å²) in [6.45, 7) is 5.52. The standard InChI is InChI=1S/C25H31N3O3/c1-18-9-10-23(31-2)22(13-18)28-17-20(15-24(28)29)25(30)26-21-8-6-7-19(14-21)16-27-11-4-3-5-12-27/h6-10,13-14,20H,3-5,11-12,15-17H2,1-2H3,(H,26,30). The van der Waals surface area contributed by atoms with Gasteiger partial charge in [-0.15, -0.1) is 0 Å². The molecule has 1 atom stereocenters. The highest BCUT2D eigenvalue weighted by molar-refractivity contribution is 6.04. The number of benzene rings is 2. The molecule has 2 aromatic carbocycles. The van der Waals surface area contributed by atoms with Crippen LogP contribution < -0.4 is 15.0 Å². The highest BCUT2D eigenvalue weighted by atomic mass is 16.5. The topological polar surface area (TPSA) is 61.9 Å². The zero-order chi connectivity index (χ0) is 21.8. The van der Waals surface area contributed by atoms with Gasteiger partial charge >= 0.3 is 0 Å². The number of ether oxygens (including phenoxy) is 1. The number of likely N-dealkylation sites (tertiary alicyclic amines) is 1. The number of hydrogen-bond acceptors (Lipinski definition) is 4. The molecule has 6 heteroatoms. The molecule has 164 valence electrons. The molecule has 0 spiro atoms. The van der Waals surface area contributed by atoms with Crippen LogP contribution in [0.5, 0.6) is 5.75 Å². The number of anilines is 2. The number of amides is 2. The zero-order valence-electron chi connectivity index (χ0n) is 18.4. The van der Waals surface area contributed by atoms with Gasteiger partial charge in [-0.05, 0) is 68.2 Å². The Kier molecular flexibility index (Phi) is 6.56. The predicted molar refractivity (Wildman–Crippen MR) is 122 cm³/mol. The molecule has 2 amide bonds. The van der Waals surface area contributed by atoms with Gasteiger partial charge in [0.2, 0.25) is 11.8 Å². The fourth-order valence-electron chi connectivity index (χ4n) is 4.49. The van der Waals surface area contributed by atoms with Gasteiger partial charge in [0, 0.05) is 25.2 Å². The van der Waals surface area contributed by atoms with E-state index < -0.39 is 0 Å². The average Bonchev–Trinajstić information content (AvgIpc) is 3.16. The average molecular weight is 422 g/mol. The van der Waals surface area contributed by atoms with Crippen LogP contribution >= 0.6 is 0 Å². The largest absolute Gasteiger partial charge is 0.495 e. The summed E-state index contributed by atoms with van der Waals surface area (Å²) in [6.07, 6.45) is 4.04. The molecule has 4 rings (SSSR count). The Hall–Kier alpha value is -2.86. The maximum absolute atomic E-state index is 12.9. The van der Waals surface area contributed by atoms with Crippen molar-refractivity contribution in [1.29, 1.82) is 0 Å². The highest BCUT2D eigenvalue weighted by Crippen LogP contribution is 2.34. The van der Waals surface area contributed by atoms with E-state index in [1.807, 2.05) is 43.3 Å². The van der Waals surface area contributed by atoms with Crippen molar-refractivity contribution < 1.29 is 14.3 Å². The summed E-state index contributed by atoms with van der Waals surface area (Å²) in [5.74, 6) is 0.0920. The minimum Gasteiger partial charge on any atom is -0.495 e. The summed E-state index contributed by atoms with van der Waals surface area (Å²) in [6, 6.07) is 13.8. The Morgan fingerprint density at radius 1 is 1.13 bits per heavy atom. The van der Waals surface area contributed by atoms with Gasteiger partial charge in [-0.3, -0.25) is 14.5 Å².